The molecule has 0 aromatic carbocycles. The van der Waals surface area contributed by atoms with Crippen LogP contribution < -0.4 is 0 Å². The van der Waals surface area contributed by atoms with Crippen molar-refractivity contribution in [3.8, 4) is 0 Å². The van der Waals surface area contributed by atoms with Gasteiger partial charge in [0.25, 0.3) is 0 Å². The highest BCUT2D eigenvalue weighted by Gasteiger charge is 2.31. The molecule has 3 rings (SSSR count). The number of aryl methyl sites for hydroxylation is 1. The fraction of sp³-hybridized carbons (Fsp3) is 0.625. The summed E-state index contributed by atoms with van der Waals surface area (Å²) in [7, 11) is 0. The molecular formula is C16H23N3O3S. The Balaban J connectivity index is 1.47. The first-order valence-electron chi connectivity index (χ1n) is 8.11. The van der Waals surface area contributed by atoms with Gasteiger partial charge in [0.05, 0.1) is 25.4 Å². The molecule has 0 saturated carbocycles. The number of aliphatic hydroxyl groups excluding tert-OH is 1. The fourth-order valence-corrected chi connectivity index (χ4v) is 3.54. The van der Waals surface area contributed by atoms with Crippen molar-refractivity contribution in [2.24, 2.45) is 0 Å². The Morgan fingerprint density at radius 2 is 2.48 bits per heavy atom. The molecule has 0 radical (unpaired) electrons. The quantitative estimate of drug-likeness (QED) is 0.797. The molecule has 0 spiro atoms. The highest BCUT2D eigenvalue weighted by atomic mass is 32.1. The minimum atomic E-state index is -0.506. The van der Waals surface area contributed by atoms with Gasteiger partial charge in [-0.3, -0.25) is 4.90 Å². The zero-order chi connectivity index (χ0) is 16.1. The molecule has 1 N–H and O–H groups in total. The monoisotopic (exact) mass is 337 g/mol. The molecule has 2 aromatic heterocycles. The second kappa shape index (κ2) is 8.01. The number of hydrogen-bond donors (Lipinski definition) is 1. The third-order valence-corrected chi connectivity index (χ3v) is 4.88. The smallest absolute Gasteiger partial charge is 0.226 e. The van der Waals surface area contributed by atoms with Gasteiger partial charge < -0.3 is 14.4 Å². The van der Waals surface area contributed by atoms with E-state index in [4.69, 9.17) is 9.26 Å². The van der Waals surface area contributed by atoms with Gasteiger partial charge in [0.2, 0.25) is 5.89 Å². The van der Waals surface area contributed by atoms with Crippen molar-refractivity contribution in [1.82, 2.24) is 15.0 Å². The highest BCUT2D eigenvalue weighted by molar-refractivity contribution is 7.09. The second-order valence-corrected chi connectivity index (χ2v) is 6.83. The van der Waals surface area contributed by atoms with Crippen LogP contribution in [-0.4, -0.2) is 45.9 Å². The normalized spacial score (nSPS) is 20.2. The number of thiophene rings is 1. The minimum Gasteiger partial charge on any atom is -0.389 e. The summed E-state index contributed by atoms with van der Waals surface area (Å²) in [5.74, 6) is 1.41. The van der Waals surface area contributed by atoms with Crippen molar-refractivity contribution >= 4 is 11.3 Å². The number of aliphatic hydroxyl groups is 1. The topological polar surface area (TPSA) is 71.6 Å². The van der Waals surface area contributed by atoms with Gasteiger partial charge in [-0.25, -0.2) is 0 Å². The first-order valence-corrected chi connectivity index (χ1v) is 8.99. The molecule has 2 atom stereocenters. The Morgan fingerprint density at radius 1 is 1.57 bits per heavy atom. The molecule has 6 nitrogen and oxygen atoms in total. The maximum atomic E-state index is 10.2. The van der Waals surface area contributed by atoms with E-state index in [1.54, 1.807) is 11.3 Å². The molecule has 0 aliphatic carbocycles. The number of aromatic nitrogens is 2. The Hall–Kier alpha value is -1.28. The van der Waals surface area contributed by atoms with Gasteiger partial charge in [0.1, 0.15) is 0 Å². The Bertz CT molecular complexity index is 587. The summed E-state index contributed by atoms with van der Waals surface area (Å²) in [6.45, 7) is 4.42. The Morgan fingerprint density at radius 3 is 3.22 bits per heavy atom. The van der Waals surface area contributed by atoms with E-state index in [1.165, 1.54) is 4.88 Å². The first-order chi connectivity index (χ1) is 11.3. The lowest BCUT2D eigenvalue weighted by atomic mass is 10.2. The zero-order valence-corrected chi connectivity index (χ0v) is 14.2. The third kappa shape index (κ3) is 4.38. The van der Waals surface area contributed by atoms with Crippen LogP contribution in [0.15, 0.2) is 22.0 Å². The molecule has 2 aromatic rings. The van der Waals surface area contributed by atoms with Gasteiger partial charge in [-0.1, -0.05) is 18.1 Å². The first kappa shape index (κ1) is 16.6. The van der Waals surface area contributed by atoms with Crippen LogP contribution >= 0.6 is 11.3 Å². The average molecular weight is 337 g/mol. The van der Waals surface area contributed by atoms with Gasteiger partial charge >= 0.3 is 0 Å². The highest BCUT2D eigenvalue weighted by Crippen LogP contribution is 2.30. The Labute approximate surface area is 140 Å². The molecule has 126 valence electrons. The van der Waals surface area contributed by atoms with Crippen molar-refractivity contribution in [2.45, 2.75) is 44.9 Å². The van der Waals surface area contributed by atoms with Crippen LogP contribution in [0.5, 0.6) is 0 Å². The van der Waals surface area contributed by atoms with E-state index in [0.29, 0.717) is 25.6 Å². The lowest BCUT2D eigenvalue weighted by molar-refractivity contribution is 0.00785. The lowest BCUT2D eigenvalue weighted by Crippen LogP contribution is -2.35. The van der Waals surface area contributed by atoms with Crippen LogP contribution in [0, 0.1) is 0 Å². The van der Waals surface area contributed by atoms with Crippen LogP contribution in [0.4, 0.5) is 0 Å². The van der Waals surface area contributed by atoms with Gasteiger partial charge in [0.15, 0.2) is 5.82 Å². The maximum absolute atomic E-state index is 10.2. The standard InChI is InChI=1S/C16H23N3O3S/c1-2-15-17-16(18-22-15)14-6-3-7-19(14)9-12(20)10-21-11-13-5-4-8-23-13/h4-5,8,12,14,20H,2-3,6-7,9-11H2,1H3. The van der Waals surface area contributed by atoms with Crippen molar-refractivity contribution < 1.29 is 14.4 Å². The molecule has 3 heterocycles. The fourth-order valence-electron chi connectivity index (χ4n) is 2.90. The van der Waals surface area contributed by atoms with E-state index < -0.39 is 6.10 Å². The van der Waals surface area contributed by atoms with Crippen LogP contribution in [0.2, 0.25) is 0 Å². The van der Waals surface area contributed by atoms with Crippen LogP contribution in [0.3, 0.4) is 0 Å². The molecule has 0 bridgehead atoms. The van der Waals surface area contributed by atoms with Crippen molar-refractivity contribution in [1.29, 1.82) is 0 Å². The largest absolute Gasteiger partial charge is 0.389 e. The van der Waals surface area contributed by atoms with Crippen LogP contribution in [0.25, 0.3) is 0 Å². The van der Waals surface area contributed by atoms with Crippen molar-refractivity contribution in [3.63, 3.8) is 0 Å². The summed E-state index contributed by atoms with van der Waals surface area (Å²) in [5.41, 5.74) is 0. The van der Waals surface area contributed by atoms with E-state index in [9.17, 15) is 5.11 Å². The summed E-state index contributed by atoms with van der Waals surface area (Å²) in [6, 6.07) is 4.19. The molecule has 1 aliphatic rings. The van der Waals surface area contributed by atoms with Crippen LogP contribution in [0.1, 0.15) is 42.4 Å². The zero-order valence-electron chi connectivity index (χ0n) is 13.4. The molecule has 1 fully saturated rings. The summed E-state index contributed by atoms with van der Waals surface area (Å²) in [5, 5.41) is 16.3. The molecule has 23 heavy (non-hydrogen) atoms. The minimum absolute atomic E-state index is 0.144. The molecule has 0 amide bonds. The lowest BCUT2D eigenvalue weighted by Gasteiger charge is -2.24. The molecule has 1 saturated heterocycles. The predicted molar refractivity (Wildman–Crippen MR) is 87.2 cm³/mol. The van der Waals surface area contributed by atoms with Crippen LogP contribution in [-0.2, 0) is 17.8 Å². The van der Waals surface area contributed by atoms with Gasteiger partial charge in [0, 0.05) is 17.8 Å². The van der Waals surface area contributed by atoms with E-state index in [-0.39, 0.29) is 6.04 Å². The second-order valence-electron chi connectivity index (χ2n) is 5.80. The van der Waals surface area contributed by atoms with Gasteiger partial charge in [-0.2, -0.15) is 4.98 Å². The number of ether oxygens (including phenoxy) is 1. The number of rotatable bonds is 8. The van der Waals surface area contributed by atoms with Crippen molar-refractivity contribution in [2.75, 3.05) is 19.7 Å². The summed E-state index contributed by atoms with van der Waals surface area (Å²) < 4.78 is 10.8. The molecular weight excluding hydrogens is 314 g/mol. The maximum Gasteiger partial charge on any atom is 0.226 e. The summed E-state index contributed by atoms with van der Waals surface area (Å²) in [6.07, 6.45) is 2.33. The SMILES string of the molecule is CCc1nc(C2CCCN2CC(O)COCc2cccs2)no1. The van der Waals surface area contributed by atoms with Gasteiger partial charge in [-0.05, 0) is 30.8 Å². The number of nitrogens with zero attached hydrogens (tertiary/aromatic N) is 3. The molecule has 1 aliphatic heterocycles. The van der Waals surface area contributed by atoms with E-state index in [0.717, 1.165) is 31.6 Å². The molecule has 7 heteroatoms. The number of β-amino-alcohol motifs (C(OH)–C–C–N with tert-alkyl or cyclic N) is 1. The van der Waals surface area contributed by atoms with Gasteiger partial charge in [-0.15, -0.1) is 11.3 Å². The van der Waals surface area contributed by atoms with E-state index >= 15 is 0 Å². The van der Waals surface area contributed by atoms with Crippen molar-refractivity contribution in [3.05, 3.63) is 34.1 Å². The van der Waals surface area contributed by atoms with E-state index in [1.807, 2.05) is 24.4 Å². The van der Waals surface area contributed by atoms with E-state index in [2.05, 4.69) is 15.0 Å². The molecule has 2 unspecified atom stereocenters. The summed E-state index contributed by atoms with van der Waals surface area (Å²) >= 11 is 1.67. The number of likely N-dealkylation sites (tertiary alicyclic amines) is 1. The number of hydrogen-bond acceptors (Lipinski definition) is 7. The summed E-state index contributed by atoms with van der Waals surface area (Å²) in [4.78, 5) is 7.83. The predicted octanol–water partition coefficient (Wildman–Crippen LogP) is 2.41. The third-order valence-electron chi connectivity index (χ3n) is 4.03. The average Bonchev–Trinajstić information content (AvgIpc) is 3.28. The Kier molecular flexibility index (Phi) is 5.77.